The zero-order valence-electron chi connectivity index (χ0n) is 8.23. The van der Waals surface area contributed by atoms with Crippen LogP contribution in [0, 0.1) is 0 Å². The van der Waals surface area contributed by atoms with Gasteiger partial charge in [0.1, 0.15) is 6.54 Å². The van der Waals surface area contributed by atoms with E-state index in [4.69, 9.17) is 23.2 Å². The van der Waals surface area contributed by atoms with Crippen LogP contribution in [0.15, 0.2) is 36.7 Å². The van der Waals surface area contributed by atoms with Crippen LogP contribution in [-0.4, -0.2) is 15.6 Å². The Labute approximate surface area is 103 Å². The second-order valence-corrected chi connectivity index (χ2v) is 4.04. The van der Waals surface area contributed by atoms with E-state index in [9.17, 15) is 4.79 Å². The third kappa shape index (κ3) is 2.26. The van der Waals surface area contributed by atoms with E-state index < -0.39 is 0 Å². The molecule has 0 unspecified atom stereocenters. The molecule has 0 spiro atoms. The number of rotatable bonds is 3. The van der Waals surface area contributed by atoms with Crippen molar-refractivity contribution >= 4 is 29.0 Å². The highest BCUT2D eigenvalue weighted by molar-refractivity contribution is 6.39. The van der Waals surface area contributed by atoms with Crippen molar-refractivity contribution in [3.63, 3.8) is 0 Å². The fourth-order valence-corrected chi connectivity index (χ4v) is 1.99. The van der Waals surface area contributed by atoms with Gasteiger partial charge in [-0.05, 0) is 18.2 Å². The summed E-state index contributed by atoms with van der Waals surface area (Å²) in [5, 5.41) is 4.68. The highest BCUT2D eigenvalue weighted by atomic mass is 35.5. The van der Waals surface area contributed by atoms with E-state index >= 15 is 0 Å². The van der Waals surface area contributed by atoms with E-state index in [0.717, 1.165) is 0 Å². The van der Waals surface area contributed by atoms with Gasteiger partial charge in [0.15, 0.2) is 5.78 Å². The summed E-state index contributed by atoms with van der Waals surface area (Å²) >= 11 is 11.9. The number of ketones is 1. The molecule has 2 aromatic rings. The number of benzene rings is 1. The van der Waals surface area contributed by atoms with Gasteiger partial charge in [-0.1, -0.05) is 29.3 Å². The average Bonchev–Trinajstić information content (AvgIpc) is 2.70. The molecular formula is C11H8Cl2N2O. The molecule has 16 heavy (non-hydrogen) atoms. The zero-order chi connectivity index (χ0) is 11.5. The number of carbonyl (C=O) groups is 1. The Hall–Kier alpha value is -1.32. The lowest BCUT2D eigenvalue weighted by Crippen LogP contribution is -2.11. The molecular weight excluding hydrogens is 247 g/mol. The number of halogens is 2. The lowest BCUT2D eigenvalue weighted by Gasteiger charge is -2.05. The summed E-state index contributed by atoms with van der Waals surface area (Å²) in [5.41, 5.74) is 0.348. The van der Waals surface area contributed by atoms with Gasteiger partial charge in [0.2, 0.25) is 0 Å². The molecule has 1 aromatic heterocycles. The fourth-order valence-electron chi connectivity index (χ4n) is 1.38. The zero-order valence-corrected chi connectivity index (χ0v) is 9.74. The molecule has 2 rings (SSSR count). The molecule has 0 saturated heterocycles. The van der Waals surface area contributed by atoms with Crippen LogP contribution in [0.4, 0.5) is 0 Å². The quantitative estimate of drug-likeness (QED) is 0.790. The van der Waals surface area contributed by atoms with Gasteiger partial charge in [-0.25, -0.2) is 0 Å². The summed E-state index contributed by atoms with van der Waals surface area (Å²) in [6, 6.07) is 6.74. The van der Waals surface area contributed by atoms with Crippen molar-refractivity contribution in [3.05, 3.63) is 52.3 Å². The Balaban J connectivity index is 2.28. The van der Waals surface area contributed by atoms with Crippen molar-refractivity contribution in [1.82, 2.24) is 9.78 Å². The van der Waals surface area contributed by atoms with Gasteiger partial charge < -0.3 is 0 Å². The van der Waals surface area contributed by atoms with E-state index in [2.05, 4.69) is 5.10 Å². The monoisotopic (exact) mass is 254 g/mol. The minimum atomic E-state index is -0.153. The average molecular weight is 255 g/mol. The minimum absolute atomic E-state index is 0.135. The van der Waals surface area contributed by atoms with E-state index in [0.29, 0.717) is 15.6 Å². The molecule has 3 nitrogen and oxygen atoms in total. The summed E-state index contributed by atoms with van der Waals surface area (Å²) in [4.78, 5) is 11.9. The van der Waals surface area contributed by atoms with Gasteiger partial charge >= 0.3 is 0 Å². The molecule has 0 atom stereocenters. The normalized spacial score (nSPS) is 10.4. The molecule has 5 heteroatoms. The van der Waals surface area contributed by atoms with Crippen LogP contribution in [0.25, 0.3) is 0 Å². The summed E-state index contributed by atoms with van der Waals surface area (Å²) in [6.07, 6.45) is 3.32. The van der Waals surface area contributed by atoms with Crippen molar-refractivity contribution in [1.29, 1.82) is 0 Å². The van der Waals surface area contributed by atoms with Crippen LogP contribution in [-0.2, 0) is 6.54 Å². The lowest BCUT2D eigenvalue weighted by atomic mass is 10.1. The molecule has 0 saturated carbocycles. The van der Waals surface area contributed by atoms with Gasteiger partial charge in [0.05, 0.1) is 15.6 Å². The SMILES string of the molecule is O=C(Cn1cccn1)c1c(Cl)cccc1Cl. The second-order valence-electron chi connectivity index (χ2n) is 3.22. The molecule has 0 radical (unpaired) electrons. The third-order valence-corrected chi connectivity index (χ3v) is 2.74. The number of nitrogens with zero attached hydrogens (tertiary/aromatic N) is 2. The first kappa shape index (κ1) is 11.2. The number of hydrogen-bond donors (Lipinski definition) is 0. The molecule has 0 aliphatic carbocycles. The molecule has 0 bridgehead atoms. The predicted molar refractivity (Wildman–Crippen MR) is 63.0 cm³/mol. The molecule has 0 N–H and O–H groups in total. The van der Waals surface area contributed by atoms with Crippen LogP contribution in [0.1, 0.15) is 10.4 Å². The highest BCUT2D eigenvalue weighted by Crippen LogP contribution is 2.24. The molecule has 82 valence electrons. The molecule has 1 heterocycles. The summed E-state index contributed by atoms with van der Waals surface area (Å²) in [5.74, 6) is -0.153. The summed E-state index contributed by atoms with van der Waals surface area (Å²) in [6.45, 7) is 0.135. The fraction of sp³-hybridized carbons (Fsp3) is 0.0909. The maximum absolute atomic E-state index is 11.9. The van der Waals surface area contributed by atoms with Crippen LogP contribution in [0.2, 0.25) is 10.0 Å². The van der Waals surface area contributed by atoms with Gasteiger partial charge in [-0.2, -0.15) is 5.10 Å². The first-order chi connectivity index (χ1) is 7.68. The van der Waals surface area contributed by atoms with Gasteiger partial charge in [0.25, 0.3) is 0 Å². The third-order valence-electron chi connectivity index (χ3n) is 2.11. The number of Topliss-reactive ketones (excluding diaryl/α,β-unsaturated/α-hetero) is 1. The van der Waals surface area contributed by atoms with Crippen molar-refractivity contribution in [2.24, 2.45) is 0 Å². The highest BCUT2D eigenvalue weighted by Gasteiger charge is 2.14. The standard InChI is InChI=1S/C11H8Cl2N2O/c12-8-3-1-4-9(13)11(8)10(16)7-15-6-2-5-14-15/h1-6H,7H2. The molecule has 1 aromatic carbocycles. The lowest BCUT2D eigenvalue weighted by molar-refractivity contribution is 0.0968. The van der Waals surface area contributed by atoms with E-state index in [-0.39, 0.29) is 12.3 Å². The Morgan fingerprint density at radius 2 is 1.94 bits per heavy atom. The minimum Gasteiger partial charge on any atom is -0.292 e. The topological polar surface area (TPSA) is 34.9 Å². The number of carbonyl (C=O) groups excluding carboxylic acids is 1. The number of aromatic nitrogens is 2. The van der Waals surface area contributed by atoms with Gasteiger partial charge in [0, 0.05) is 12.4 Å². The van der Waals surface area contributed by atoms with Crippen molar-refractivity contribution in [2.45, 2.75) is 6.54 Å². The Morgan fingerprint density at radius 3 is 2.50 bits per heavy atom. The van der Waals surface area contributed by atoms with Crippen molar-refractivity contribution in [2.75, 3.05) is 0 Å². The Kier molecular flexibility index (Phi) is 3.27. The first-order valence-electron chi connectivity index (χ1n) is 4.63. The van der Waals surface area contributed by atoms with E-state index in [1.165, 1.54) is 4.68 Å². The molecule has 0 aliphatic rings. The Bertz CT molecular complexity index is 488. The Morgan fingerprint density at radius 1 is 1.25 bits per heavy atom. The van der Waals surface area contributed by atoms with Crippen LogP contribution >= 0.6 is 23.2 Å². The molecule has 0 fully saturated rings. The first-order valence-corrected chi connectivity index (χ1v) is 5.38. The van der Waals surface area contributed by atoms with Crippen molar-refractivity contribution in [3.8, 4) is 0 Å². The summed E-state index contributed by atoms with van der Waals surface area (Å²) in [7, 11) is 0. The number of hydrogen-bond acceptors (Lipinski definition) is 2. The predicted octanol–water partition coefficient (Wildman–Crippen LogP) is 3.07. The largest absolute Gasteiger partial charge is 0.292 e. The smallest absolute Gasteiger partial charge is 0.187 e. The summed E-state index contributed by atoms with van der Waals surface area (Å²) < 4.78 is 1.53. The van der Waals surface area contributed by atoms with E-state index in [1.54, 1.807) is 36.7 Å². The van der Waals surface area contributed by atoms with Crippen LogP contribution in [0.5, 0.6) is 0 Å². The van der Waals surface area contributed by atoms with Gasteiger partial charge in [-0.15, -0.1) is 0 Å². The van der Waals surface area contributed by atoms with Gasteiger partial charge in [-0.3, -0.25) is 9.48 Å². The molecule has 0 amide bonds. The maximum atomic E-state index is 11.9. The van der Waals surface area contributed by atoms with Crippen LogP contribution in [0.3, 0.4) is 0 Å². The van der Waals surface area contributed by atoms with Crippen LogP contribution < -0.4 is 0 Å². The second kappa shape index (κ2) is 4.68. The van der Waals surface area contributed by atoms with Crippen molar-refractivity contribution < 1.29 is 4.79 Å². The van der Waals surface area contributed by atoms with E-state index in [1.807, 2.05) is 0 Å². The molecule has 0 aliphatic heterocycles. The maximum Gasteiger partial charge on any atom is 0.187 e.